The van der Waals surface area contributed by atoms with E-state index in [9.17, 15) is 4.79 Å². The molecule has 0 spiro atoms. The molecule has 1 fully saturated rings. The van der Waals surface area contributed by atoms with Crippen molar-refractivity contribution in [3.63, 3.8) is 0 Å². The Kier molecular flexibility index (Phi) is 7.28. The van der Waals surface area contributed by atoms with Gasteiger partial charge in [-0.1, -0.05) is 75.6 Å². The summed E-state index contributed by atoms with van der Waals surface area (Å²) in [5, 5.41) is 14.2. The van der Waals surface area contributed by atoms with E-state index in [1.54, 1.807) is 0 Å². The summed E-state index contributed by atoms with van der Waals surface area (Å²) in [5.41, 5.74) is 3.92. The highest BCUT2D eigenvalue weighted by atomic mass is 16.1. The highest BCUT2D eigenvalue weighted by Crippen LogP contribution is 2.34. The molecule has 0 aliphatic heterocycles. The molecule has 2 heterocycles. The zero-order chi connectivity index (χ0) is 25.1. The number of nitrogens with one attached hydrogen (secondary N) is 1. The van der Waals surface area contributed by atoms with Crippen LogP contribution in [-0.4, -0.2) is 30.1 Å². The Balaban J connectivity index is 1.55. The Hall–Kier alpha value is -3.32. The Morgan fingerprint density at radius 3 is 2.56 bits per heavy atom. The fourth-order valence-electron chi connectivity index (χ4n) is 5.63. The minimum Gasteiger partial charge on any atom is -0.322 e. The van der Waals surface area contributed by atoms with Crippen LogP contribution >= 0.6 is 0 Å². The van der Waals surface area contributed by atoms with Gasteiger partial charge in [0, 0.05) is 24.2 Å². The van der Waals surface area contributed by atoms with Crippen molar-refractivity contribution in [3.8, 4) is 0 Å². The van der Waals surface area contributed by atoms with Crippen molar-refractivity contribution in [2.75, 3.05) is 0 Å². The normalized spacial score (nSPS) is 15.7. The number of tetrazole rings is 1. The first-order chi connectivity index (χ1) is 17.5. The van der Waals surface area contributed by atoms with E-state index in [1.807, 2.05) is 25.1 Å². The molecule has 0 unspecified atom stereocenters. The van der Waals surface area contributed by atoms with E-state index >= 15 is 0 Å². The molecule has 1 aliphatic rings. The van der Waals surface area contributed by atoms with Crippen LogP contribution in [0.1, 0.15) is 80.6 Å². The second kappa shape index (κ2) is 10.7. The maximum Gasteiger partial charge on any atom is 0.252 e. The molecule has 1 N–H and O–H groups in total. The first-order valence-electron chi connectivity index (χ1n) is 13.2. The topological polar surface area (TPSA) is 79.7 Å². The molecule has 0 saturated heterocycles. The van der Waals surface area contributed by atoms with Crippen molar-refractivity contribution in [1.29, 1.82) is 0 Å². The van der Waals surface area contributed by atoms with E-state index < -0.39 is 0 Å². The maximum atomic E-state index is 13.2. The lowest BCUT2D eigenvalue weighted by molar-refractivity contribution is 0.121. The van der Waals surface area contributed by atoms with Crippen LogP contribution in [0.15, 0.2) is 59.4 Å². The molecular weight excluding hydrogens is 448 g/mol. The standard InChI is InChI=1S/C29H36N6O/c1-20(2)27(28-31-32-33-35(28)25-12-8-5-9-13-25)34(18-22-10-6-4-7-11-22)19-24-17-23-15-14-21(3)16-26(23)30-29(24)36/h4,6-7,10-11,14-17,20,25,27H,5,8-9,12-13,18-19H2,1-3H3,(H,30,36)/t27-/m1/s1. The van der Waals surface area contributed by atoms with E-state index in [2.05, 4.69) is 80.3 Å². The molecule has 0 amide bonds. The predicted molar refractivity (Wildman–Crippen MR) is 143 cm³/mol. The van der Waals surface area contributed by atoms with Crippen molar-refractivity contribution in [2.45, 2.75) is 78.0 Å². The lowest BCUT2D eigenvalue weighted by Crippen LogP contribution is -2.36. The number of aryl methyl sites for hydroxylation is 1. The maximum absolute atomic E-state index is 13.2. The van der Waals surface area contributed by atoms with Crippen LogP contribution in [0.3, 0.4) is 0 Å². The number of aromatic nitrogens is 5. The van der Waals surface area contributed by atoms with Gasteiger partial charge >= 0.3 is 0 Å². The molecule has 2 aromatic carbocycles. The van der Waals surface area contributed by atoms with E-state index in [0.717, 1.165) is 40.7 Å². The zero-order valence-electron chi connectivity index (χ0n) is 21.5. The van der Waals surface area contributed by atoms with Crippen LogP contribution < -0.4 is 5.56 Å². The summed E-state index contributed by atoms with van der Waals surface area (Å²) in [6.07, 6.45) is 5.95. The van der Waals surface area contributed by atoms with Crippen molar-refractivity contribution < 1.29 is 0 Å². The van der Waals surface area contributed by atoms with Gasteiger partial charge in [0.05, 0.1) is 12.1 Å². The fourth-order valence-corrected chi connectivity index (χ4v) is 5.63. The monoisotopic (exact) mass is 484 g/mol. The Morgan fingerprint density at radius 1 is 1.03 bits per heavy atom. The van der Waals surface area contributed by atoms with Crippen LogP contribution in [0.5, 0.6) is 0 Å². The van der Waals surface area contributed by atoms with E-state index in [4.69, 9.17) is 0 Å². The van der Waals surface area contributed by atoms with Gasteiger partial charge in [-0.25, -0.2) is 4.68 Å². The lowest BCUT2D eigenvalue weighted by Gasteiger charge is -2.35. The van der Waals surface area contributed by atoms with Gasteiger partial charge in [-0.05, 0) is 64.8 Å². The first-order valence-corrected chi connectivity index (χ1v) is 13.2. The number of nitrogens with zero attached hydrogens (tertiary/aromatic N) is 5. The van der Waals surface area contributed by atoms with Gasteiger partial charge in [0.25, 0.3) is 5.56 Å². The smallest absolute Gasteiger partial charge is 0.252 e. The quantitative estimate of drug-likeness (QED) is 0.346. The molecule has 188 valence electrons. The molecule has 2 aromatic heterocycles. The number of fused-ring (bicyclic) bond motifs is 1. The lowest BCUT2D eigenvalue weighted by atomic mass is 9.94. The van der Waals surface area contributed by atoms with Crippen molar-refractivity contribution in [3.05, 3.63) is 87.5 Å². The first kappa shape index (κ1) is 24.4. The van der Waals surface area contributed by atoms with Crippen molar-refractivity contribution in [2.24, 2.45) is 5.92 Å². The number of benzene rings is 2. The summed E-state index contributed by atoms with van der Waals surface area (Å²) in [6, 6.07) is 19.0. The minimum absolute atomic E-state index is 0.0322. The third-order valence-electron chi connectivity index (χ3n) is 7.41. The Bertz CT molecular complexity index is 1350. The third kappa shape index (κ3) is 5.26. The second-order valence-electron chi connectivity index (χ2n) is 10.6. The molecule has 1 atom stereocenters. The van der Waals surface area contributed by atoms with Crippen molar-refractivity contribution in [1.82, 2.24) is 30.1 Å². The van der Waals surface area contributed by atoms with Gasteiger partial charge in [-0.3, -0.25) is 9.69 Å². The number of pyridine rings is 1. The summed E-state index contributed by atoms with van der Waals surface area (Å²) in [4.78, 5) is 18.7. The Labute approximate surface area is 212 Å². The molecule has 1 saturated carbocycles. The molecule has 0 bridgehead atoms. The average molecular weight is 485 g/mol. The van der Waals surface area contributed by atoms with Crippen LogP contribution in [0.2, 0.25) is 0 Å². The molecule has 7 nitrogen and oxygen atoms in total. The van der Waals surface area contributed by atoms with Gasteiger partial charge in [0.15, 0.2) is 5.82 Å². The van der Waals surface area contributed by atoms with Crippen molar-refractivity contribution >= 4 is 10.9 Å². The van der Waals surface area contributed by atoms with Crippen LogP contribution in [0.4, 0.5) is 0 Å². The molecular formula is C29H36N6O. The summed E-state index contributed by atoms with van der Waals surface area (Å²) in [5.74, 6) is 1.16. The van der Waals surface area contributed by atoms with E-state index in [1.165, 1.54) is 24.8 Å². The highest BCUT2D eigenvalue weighted by molar-refractivity contribution is 5.79. The SMILES string of the molecule is Cc1ccc2cc(CN(Cc3ccccc3)[C@@H](c3nnnn3C3CCCCC3)C(C)C)c(=O)[nH]c2c1. The summed E-state index contributed by atoms with van der Waals surface area (Å²) < 4.78 is 2.08. The van der Waals surface area contributed by atoms with Gasteiger partial charge < -0.3 is 4.98 Å². The van der Waals surface area contributed by atoms with Crippen LogP contribution in [0.25, 0.3) is 10.9 Å². The summed E-state index contributed by atoms with van der Waals surface area (Å²) in [6.45, 7) is 7.68. The molecule has 4 aromatic rings. The summed E-state index contributed by atoms with van der Waals surface area (Å²) >= 11 is 0. The van der Waals surface area contributed by atoms with Crippen LogP contribution in [0, 0.1) is 12.8 Å². The largest absolute Gasteiger partial charge is 0.322 e. The summed E-state index contributed by atoms with van der Waals surface area (Å²) in [7, 11) is 0. The molecule has 5 rings (SSSR count). The van der Waals surface area contributed by atoms with Gasteiger partial charge in [-0.15, -0.1) is 5.10 Å². The predicted octanol–water partition coefficient (Wildman–Crippen LogP) is 5.73. The number of hydrogen-bond donors (Lipinski definition) is 1. The number of hydrogen-bond acceptors (Lipinski definition) is 5. The average Bonchev–Trinajstić information content (AvgIpc) is 3.35. The van der Waals surface area contributed by atoms with E-state index in [0.29, 0.717) is 19.1 Å². The third-order valence-corrected chi connectivity index (χ3v) is 7.41. The van der Waals surface area contributed by atoms with Crippen LogP contribution in [-0.2, 0) is 13.1 Å². The minimum atomic E-state index is -0.0412. The Morgan fingerprint density at radius 2 is 1.81 bits per heavy atom. The molecule has 7 heteroatoms. The van der Waals surface area contributed by atoms with E-state index in [-0.39, 0.29) is 17.5 Å². The molecule has 36 heavy (non-hydrogen) atoms. The number of H-pyrrole nitrogens is 1. The molecule has 1 aliphatic carbocycles. The van der Waals surface area contributed by atoms with Gasteiger partial charge in [0.1, 0.15) is 0 Å². The number of rotatable bonds is 8. The fraction of sp³-hybridized carbons (Fsp3) is 0.448. The van der Waals surface area contributed by atoms with Gasteiger partial charge in [0.2, 0.25) is 0 Å². The molecule has 0 radical (unpaired) electrons. The highest BCUT2D eigenvalue weighted by Gasteiger charge is 2.32. The second-order valence-corrected chi connectivity index (χ2v) is 10.6. The van der Waals surface area contributed by atoms with Gasteiger partial charge in [-0.2, -0.15) is 0 Å². The zero-order valence-corrected chi connectivity index (χ0v) is 21.5. The number of aromatic amines is 1.